The Morgan fingerprint density at radius 1 is 1.57 bits per heavy atom. The first-order valence-corrected chi connectivity index (χ1v) is 7.79. The van der Waals surface area contributed by atoms with E-state index in [2.05, 4.69) is 0 Å². The molecule has 21 heavy (non-hydrogen) atoms. The number of alkyl halides is 1. The summed E-state index contributed by atoms with van der Waals surface area (Å²) in [6, 6.07) is 0. The fourth-order valence-electron chi connectivity index (χ4n) is 3.87. The number of ether oxygens (including phenoxy) is 1. The topological polar surface area (TPSA) is 46.5 Å². The molecule has 119 valence electrons. The van der Waals surface area contributed by atoms with E-state index in [9.17, 15) is 14.3 Å². The van der Waals surface area contributed by atoms with Gasteiger partial charge in [-0.05, 0) is 43.1 Å². The highest BCUT2D eigenvalue weighted by Gasteiger charge is 2.52. The van der Waals surface area contributed by atoms with Crippen molar-refractivity contribution in [1.82, 2.24) is 0 Å². The number of rotatable bonds is 3. The van der Waals surface area contributed by atoms with Crippen LogP contribution in [0.1, 0.15) is 40.5 Å². The number of hydrogen-bond acceptors (Lipinski definition) is 3. The molecule has 2 rings (SSSR count). The van der Waals surface area contributed by atoms with Gasteiger partial charge in [0.2, 0.25) is 0 Å². The fourth-order valence-corrected chi connectivity index (χ4v) is 3.87. The van der Waals surface area contributed by atoms with Crippen LogP contribution in [-0.4, -0.2) is 29.5 Å². The molecule has 2 aliphatic carbocycles. The van der Waals surface area contributed by atoms with Crippen molar-refractivity contribution in [3.63, 3.8) is 0 Å². The predicted octanol–water partition coefficient (Wildman–Crippen LogP) is 3.08. The second-order valence-corrected chi connectivity index (χ2v) is 6.79. The third-order valence-corrected chi connectivity index (χ3v) is 5.29. The Bertz CT molecular complexity index is 434. The molecule has 1 N–H and O–H groups in total. The molecule has 0 bridgehead atoms. The molecule has 1 unspecified atom stereocenters. The van der Waals surface area contributed by atoms with Crippen LogP contribution >= 0.6 is 0 Å². The van der Waals surface area contributed by atoms with Gasteiger partial charge in [-0.1, -0.05) is 19.9 Å². The van der Waals surface area contributed by atoms with E-state index in [1.807, 2.05) is 26.8 Å². The van der Waals surface area contributed by atoms with E-state index < -0.39 is 11.7 Å². The molecule has 0 aromatic carbocycles. The van der Waals surface area contributed by atoms with Crippen molar-refractivity contribution >= 4 is 5.97 Å². The molecule has 1 fully saturated rings. The van der Waals surface area contributed by atoms with Crippen LogP contribution < -0.4 is 0 Å². The second kappa shape index (κ2) is 6.07. The Labute approximate surface area is 126 Å². The summed E-state index contributed by atoms with van der Waals surface area (Å²) in [5, 5.41) is 11.2. The minimum atomic E-state index is -1.02. The van der Waals surface area contributed by atoms with Gasteiger partial charge in [-0.15, -0.1) is 0 Å². The molecular weight excluding hydrogens is 271 g/mol. The lowest BCUT2D eigenvalue weighted by Gasteiger charge is -2.52. The first kappa shape index (κ1) is 16.5. The van der Waals surface area contributed by atoms with E-state index in [0.717, 1.165) is 18.4 Å². The lowest BCUT2D eigenvalue weighted by atomic mass is 9.57. The van der Waals surface area contributed by atoms with Gasteiger partial charge in [0.05, 0.1) is 12.3 Å². The predicted molar refractivity (Wildman–Crippen MR) is 79.1 cm³/mol. The van der Waals surface area contributed by atoms with Crippen molar-refractivity contribution in [2.75, 3.05) is 6.67 Å². The van der Waals surface area contributed by atoms with E-state index in [1.165, 1.54) is 6.92 Å². The number of aliphatic hydroxyl groups is 1. The van der Waals surface area contributed by atoms with Crippen LogP contribution in [0, 0.1) is 30.1 Å². The second-order valence-electron chi connectivity index (χ2n) is 6.79. The molecule has 0 amide bonds. The van der Waals surface area contributed by atoms with Crippen molar-refractivity contribution in [1.29, 1.82) is 0 Å². The molecule has 4 heteroatoms. The lowest BCUT2D eigenvalue weighted by Crippen LogP contribution is -2.56. The zero-order valence-corrected chi connectivity index (χ0v) is 13.3. The van der Waals surface area contributed by atoms with Gasteiger partial charge in [-0.2, -0.15) is 0 Å². The van der Waals surface area contributed by atoms with Crippen molar-refractivity contribution in [2.24, 2.45) is 23.7 Å². The molecule has 0 saturated heterocycles. The maximum absolute atomic E-state index is 13.1. The Kier molecular flexibility index (Phi) is 4.76. The SMILES string of the molecule is CC(=O)O[C@@H]1[CH][C@@]2(O)[C@H](C)CC[C@@H](C(C)CF)[C@H]2C=C1C. The van der Waals surface area contributed by atoms with Crippen LogP contribution in [-0.2, 0) is 9.53 Å². The van der Waals surface area contributed by atoms with E-state index in [1.54, 1.807) is 6.42 Å². The van der Waals surface area contributed by atoms with Crippen molar-refractivity contribution in [3.8, 4) is 0 Å². The number of esters is 1. The molecule has 1 saturated carbocycles. The van der Waals surface area contributed by atoms with Gasteiger partial charge in [0.1, 0.15) is 6.10 Å². The summed E-state index contributed by atoms with van der Waals surface area (Å²) in [5.74, 6) is -0.326. The monoisotopic (exact) mass is 297 g/mol. The highest BCUT2D eigenvalue weighted by molar-refractivity contribution is 5.66. The Morgan fingerprint density at radius 3 is 2.81 bits per heavy atom. The van der Waals surface area contributed by atoms with Gasteiger partial charge in [0, 0.05) is 19.3 Å². The van der Waals surface area contributed by atoms with Gasteiger partial charge in [0.25, 0.3) is 0 Å². The van der Waals surface area contributed by atoms with E-state index >= 15 is 0 Å². The summed E-state index contributed by atoms with van der Waals surface area (Å²) in [6.45, 7) is 6.82. The van der Waals surface area contributed by atoms with Gasteiger partial charge >= 0.3 is 5.97 Å². The number of hydrogen-bond donors (Lipinski definition) is 1. The molecule has 2 aliphatic rings. The quantitative estimate of drug-likeness (QED) is 0.643. The van der Waals surface area contributed by atoms with Gasteiger partial charge < -0.3 is 9.84 Å². The van der Waals surface area contributed by atoms with Crippen molar-refractivity contribution in [2.45, 2.75) is 52.2 Å². The van der Waals surface area contributed by atoms with Crippen molar-refractivity contribution < 1.29 is 19.0 Å². The molecule has 3 nitrogen and oxygen atoms in total. The maximum Gasteiger partial charge on any atom is 0.303 e. The fraction of sp³-hybridized carbons (Fsp3) is 0.765. The standard InChI is InChI=1S/C17H26FO3/c1-10-7-15-14(11(2)9-18)6-5-12(3)17(15,20)8-16(10)21-13(4)19/h7-8,11-12,14-16,20H,5-6,9H2,1-4H3/t11?,12-,14+,15-,16-,17-/m1/s1. The molecule has 0 aromatic rings. The largest absolute Gasteiger partial charge is 0.458 e. The summed E-state index contributed by atoms with van der Waals surface area (Å²) in [6.07, 6.45) is 5.06. The average molecular weight is 297 g/mol. The summed E-state index contributed by atoms with van der Waals surface area (Å²) in [4.78, 5) is 11.2. The Hall–Kier alpha value is -0.900. The molecular formula is C17H26FO3. The van der Waals surface area contributed by atoms with Crippen LogP contribution in [0.3, 0.4) is 0 Å². The molecule has 0 heterocycles. The van der Waals surface area contributed by atoms with Crippen molar-refractivity contribution in [3.05, 3.63) is 18.1 Å². The zero-order chi connectivity index (χ0) is 15.8. The summed E-state index contributed by atoms with van der Waals surface area (Å²) in [5.41, 5.74) is -0.101. The van der Waals surface area contributed by atoms with Crippen LogP contribution in [0.5, 0.6) is 0 Å². The number of halogens is 1. The van der Waals surface area contributed by atoms with Crippen LogP contribution in [0.4, 0.5) is 4.39 Å². The van der Waals surface area contributed by atoms with E-state index in [0.29, 0.717) is 0 Å². The summed E-state index contributed by atoms with van der Waals surface area (Å²) in [7, 11) is 0. The van der Waals surface area contributed by atoms with Gasteiger partial charge in [-0.3, -0.25) is 9.18 Å². The van der Waals surface area contributed by atoms with Gasteiger partial charge in [0.15, 0.2) is 0 Å². The average Bonchev–Trinajstić information content (AvgIpc) is 2.41. The summed E-state index contributed by atoms with van der Waals surface area (Å²) >= 11 is 0. The lowest BCUT2D eigenvalue weighted by molar-refractivity contribution is -0.148. The molecule has 0 spiro atoms. The third kappa shape index (κ3) is 3.01. The van der Waals surface area contributed by atoms with Crippen LogP contribution in [0.2, 0.25) is 0 Å². The third-order valence-electron chi connectivity index (χ3n) is 5.29. The van der Waals surface area contributed by atoms with Crippen LogP contribution in [0.25, 0.3) is 0 Å². The first-order valence-electron chi connectivity index (χ1n) is 7.79. The van der Waals surface area contributed by atoms with Crippen LogP contribution in [0.15, 0.2) is 11.6 Å². The van der Waals surface area contributed by atoms with E-state index in [4.69, 9.17) is 4.74 Å². The zero-order valence-electron chi connectivity index (χ0n) is 13.3. The molecule has 1 radical (unpaired) electrons. The van der Waals surface area contributed by atoms with E-state index in [-0.39, 0.29) is 36.3 Å². The molecule has 6 atom stereocenters. The maximum atomic E-state index is 13.1. The normalized spacial score (nSPS) is 41.0. The minimum absolute atomic E-state index is 0.0725. The molecule has 0 aromatic heterocycles. The highest BCUT2D eigenvalue weighted by atomic mass is 19.1. The highest BCUT2D eigenvalue weighted by Crippen LogP contribution is 2.50. The smallest absolute Gasteiger partial charge is 0.303 e. The Morgan fingerprint density at radius 2 is 2.24 bits per heavy atom. The molecule has 0 aliphatic heterocycles. The number of fused-ring (bicyclic) bond motifs is 1. The minimum Gasteiger partial charge on any atom is -0.458 e. The number of carbonyl (C=O) groups is 1. The van der Waals surface area contributed by atoms with Gasteiger partial charge in [-0.25, -0.2) is 0 Å². The number of carbonyl (C=O) groups excluding carboxylic acids is 1. The first-order chi connectivity index (χ1) is 9.79. The Balaban J connectivity index is 2.33. The summed E-state index contributed by atoms with van der Waals surface area (Å²) < 4.78 is 18.4.